The zero-order valence-corrected chi connectivity index (χ0v) is 8.48. The molecule has 0 saturated heterocycles. The van der Waals surface area contributed by atoms with Crippen LogP contribution in [0.2, 0.25) is 0 Å². The number of allylic oxidation sites excluding steroid dienone is 2. The van der Waals surface area contributed by atoms with Crippen molar-refractivity contribution in [3.63, 3.8) is 0 Å². The van der Waals surface area contributed by atoms with Gasteiger partial charge >= 0.3 is 0 Å². The molecule has 0 saturated carbocycles. The van der Waals surface area contributed by atoms with Crippen LogP contribution in [0.15, 0.2) is 23.4 Å². The van der Waals surface area contributed by atoms with Gasteiger partial charge in [0.05, 0.1) is 0 Å². The molecule has 0 unspecified atom stereocenters. The Labute approximate surface area is 75.8 Å². The van der Waals surface area contributed by atoms with E-state index in [9.17, 15) is 0 Å². The van der Waals surface area contributed by atoms with Gasteiger partial charge in [0, 0.05) is 19.8 Å². The molecule has 0 radical (unpaired) electrons. The second-order valence-corrected chi connectivity index (χ2v) is 3.81. The number of hydrogen-bond acceptors (Lipinski definition) is 1. The zero-order chi connectivity index (χ0) is 9.14. The molecule has 0 aliphatic heterocycles. The first-order valence-electron chi connectivity index (χ1n) is 4.68. The van der Waals surface area contributed by atoms with Crippen molar-refractivity contribution in [2.75, 3.05) is 14.1 Å². The Morgan fingerprint density at radius 3 is 2.33 bits per heavy atom. The Morgan fingerprint density at radius 1 is 1.25 bits per heavy atom. The van der Waals surface area contributed by atoms with E-state index < -0.39 is 0 Å². The van der Waals surface area contributed by atoms with E-state index in [1.807, 2.05) is 0 Å². The summed E-state index contributed by atoms with van der Waals surface area (Å²) >= 11 is 0. The van der Waals surface area contributed by atoms with Crippen molar-refractivity contribution in [2.45, 2.75) is 32.6 Å². The van der Waals surface area contributed by atoms with Crippen LogP contribution in [0, 0.1) is 0 Å². The normalized spacial score (nSPS) is 17.9. The van der Waals surface area contributed by atoms with Crippen molar-refractivity contribution in [3.05, 3.63) is 23.4 Å². The molecule has 0 heterocycles. The molecule has 12 heavy (non-hydrogen) atoms. The van der Waals surface area contributed by atoms with Gasteiger partial charge in [0.15, 0.2) is 0 Å². The van der Waals surface area contributed by atoms with E-state index in [2.05, 4.69) is 32.5 Å². The smallest absolute Gasteiger partial charge is 0.0319 e. The Kier molecular flexibility index (Phi) is 2.96. The third-order valence-electron chi connectivity index (χ3n) is 2.63. The molecule has 0 aromatic rings. The van der Waals surface area contributed by atoms with Gasteiger partial charge in [-0.25, -0.2) is 0 Å². The lowest BCUT2D eigenvalue weighted by Crippen LogP contribution is -2.14. The molecule has 0 bridgehead atoms. The summed E-state index contributed by atoms with van der Waals surface area (Å²) < 4.78 is 0. The molecule has 0 aromatic carbocycles. The average molecular weight is 165 g/mol. The zero-order valence-electron chi connectivity index (χ0n) is 8.48. The van der Waals surface area contributed by atoms with Crippen LogP contribution in [0.5, 0.6) is 0 Å². The summed E-state index contributed by atoms with van der Waals surface area (Å²) in [4.78, 5) is 2.12. The van der Waals surface area contributed by atoms with Crippen molar-refractivity contribution in [3.8, 4) is 0 Å². The molecule has 0 amide bonds. The van der Waals surface area contributed by atoms with Gasteiger partial charge in [-0.1, -0.05) is 12.2 Å². The minimum atomic E-state index is 1.20. The molecule has 1 heteroatoms. The lowest BCUT2D eigenvalue weighted by molar-refractivity contribution is 0.507. The van der Waals surface area contributed by atoms with E-state index in [1.165, 1.54) is 37.0 Å². The summed E-state index contributed by atoms with van der Waals surface area (Å²) in [7, 11) is 4.13. The van der Waals surface area contributed by atoms with Crippen LogP contribution in [0.1, 0.15) is 32.6 Å². The van der Waals surface area contributed by atoms with Gasteiger partial charge in [-0.2, -0.15) is 0 Å². The van der Waals surface area contributed by atoms with Gasteiger partial charge in [0.1, 0.15) is 0 Å². The molecule has 0 fully saturated rings. The first kappa shape index (κ1) is 9.37. The van der Waals surface area contributed by atoms with E-state index in [1.54, 1.807) is 5.57 Å². The first-order chi connectivity index (χ1) is 5.63. The maximum Gasteiger partial charge on any atom is 0.0319 e. The van der Waals surface area contributed by atoms with Crippen molar-refractivity contribution < 1.29 is 0 Å². The van der Waals surface area contributed by atoms with Crippen LogP contribution < -0.4 is 0 Å². The first-order valence-corrected chi connectivity index (χ1v) is 4.68. The molecule has 1 aliphatic carbocycles. The second kappa shape index (κ2) is 3.79. The summed E-state index contributed by atoms with van der Waals surface area (Å²) in [5, 5.41) is 0. The molecule has 1 nitrogen and oxygen atoms in total. The van der Waals surface area contributed by atoms with E-state index in [-0.39, 0.29) is 0 Å². The Hall–Kier alpha value is -0.720. The van der Waals surface area contributed by atoms with Crippen molar-refractivity contribution in [1.82, 2.24) is 4.90 Å². The van der Waals surface area contributed by atoms with Crippen LogP contribution in [0.25, 0.3) is 0 Å². The van der Waals surface area contributed by atoms with E-state index >= 15 is 0 Å². The van der Waals surface area contributed by atoms with Crippen molar-refractivity contribution in [1.29, 1.82) is 0 Å². The van der Waals surface area contributed by atoms with E-state index in [0.717, 1.165) is 0 Å². The van der Waals surface area contributed by atoms with Gasteiger partial charge in [0.25, 0.3) is 0 Å². The predicted octanol–water partition coefficient (Wildman–Crippen LogP) is 2.95. The van der Waals surface area contributed by atoms with Crippen LogP contribution in [-0.2, 0) is 0 Å². The fraction of sp³-hybridized carbons (Fsp3) is 0.636. The van der Waals surface area contributed by atoms with Gasteiger partial charge < -0.3 is 4.90 Å². The molecule has 0 aromatic heterocycles. The Balaban J connectivity index is 2.78. The van der Waals surface area contributed by atoms with Crippen molar-refractivity contribution in [2.24, 2.45) is 0 Å². The summed E-state index contributed by atoms with van der Waals surface area (Å²) in [6, 6.07) is 0. The quantitative estimate of drug-likeness (QED) is 0.608. The highest BCUT2D eigenvalue weighted by atomic mass is 15.1. The lowest BCUT2D eigenvalue weighted by atomic mass is 9.91. The highest BCUT2D eigenvalue weighted by molar-refractivity contribution is 5.32. The number of likely N-dealkylation sites (N-methyl/N-ethyl adjacent to an activating group) is 1. The molecule has 1 rings (SSSR count). The maximum atomic E-state index is 4.10. The molecule has 0 atom stereocenters. The molecule has 68 valence electrons. The van der Waals surface area contributed by atoms with Gasteiger partial charge in [-0.3, -0.25) is 0 Å². The highest BCUT2D eigenvalue weighted by Crippen LogP contribution is 2.29. The largest absolute Gasteiger partial charge is 0.378 e. The third-order valence-corrected chi connectivity index (χ3v) is 2.63. The molecular weight excluding hydrogens is 146 g/mol. The highest BCUT2D eigenvalue weighted by Gasteiger charge is 2.12. The Bertz CT molecular complexity index is 211. The summed E-state index contributed by atoms with van der Waals surface area (Å²) in [6.45, 7) is 6.34. The summed E-state index contributed by atoms with van der Waals surface area (Å²) in [6.07, 6.45) is 5.18. The van der Waals surface area contributed by atoms with E-state index in [0.29, 0.717) is 0 Å². The fourth-order valence-corrected chi connectivity index (χ4v) is 1.72. The predicted molar refractivity (Wildman–Crippen MR) is 54.0 cm³/mol. The van der Waals surface area contributed by atoms with Gasteiger partial charge in [-0.05, 0) is 38.2 Å². The average Bonchev–Trinajstić information content (AvgIpc) is 2.04. The molecule has 1 aliphatic rings. The van der Waals surface area contributed by atoms with Crippen LogP contribution in [0.4, 0.5) is 0 Å². The van der Waals surface area contributed by atoms with Gasteiger partial charge in [-0.15, -0.1) is 0 Å². The minimum Gasteiger partial charge on any atom is -0.378 e. The molecule has 0 spiro atoms. The second-order valence-electron chi connectivity index (χ2n) is 3.81. The van der Waals surface area contributed by atoms with Gasteiger partial charge in [0.2, 0.25) is 0 Å². The summed E-state index contributed by atoms with van der Waals surface area (Å²) in [5.74, 6) is 0. The Morgan fingerprint density at radius 2 is 1.83 bits per heavy atom. The number of rotatable bonds is 2. The van der Waals surface area contributed by atoms with Crippen LogP contribution in [-0.4, -0.2) is 19.0 Å². The standard InChI is InChI=1S/C11H19N/c1-9-7-5-6-8-11(9)10(2)12(3)4/h2,5-8H2,1,3-4H3. The van der Waals surface area contributed by atoms with Crippen LogP contribution in [0.3, 0.4) is 0 Å². The van der Waals surface area contributed by atoms with Crippen LogP contribution >= 0.6 is 0 Å². The lowest BCUT2D eigenvalue weighted by Gasteiger charge is -2.24. The maximum absolute atomic E-state index is 4.10. The fourth-order valence-electron chi connectivity index (χ4n) is 1.72. The van der Waals surface area contributed by atoms with E-state index in [4.69, 9.17) is 0 Å². The summed E-state index contributed by atoms with van der Waals surface area (Å²) in [5.41, 5.74) is 4.23. The molecule has 0 N–H and O–H groups in total. The molecular formula is C11H19N. The number of hydrogen-bond donors (Lipinski definition) is 0. The van der Waals surface area contributed by atoms with Crippen molar-refractivity contribution >= 4 is 0 Å². The number of nitrogens with zero attached hydrogens (tertiary/aromatic N) is 1. The topological polar surface area (TPSA) is 3.24 Å². The minimum absolute atomic E-state index is 1.20. The monoisotopic (exact) mass is 165 g/mol. The third kappa shape index (κ3) is 1.90. The SMILES string of the molecule is C=C(C1=C(C)CCCC1)N(C)C.